The lowest BCUT2D eigenvalue weighted by molar-refractivity contribution is -0.130. The van der Waals surface area contributed by atoms with Gasteiger partial charge in [0.2, 0.25) is 5.91 Å². The molecule has 0 spiro atoms. The number of piperazine rings is 1. The molecule has 2 aromatic heterocycles. The SMILES string of the molecule is CC(C)(C)OC(=O)N1CCN(C(=O)c2ncn([C@H]3CCCCC3(O)CC(=O)NCc3ccco3)c2-c2ccccc2)[C@H](Cc2ccccc2)C1. The molecule has 2 N–H and O–H groups in total. The fourth-order valence-corrected chi connectivity index (χ4v) is 7.20. The highest BCUT2D eigenvalue weighted by Gasteiger charge is 2.44. The predicted octanol–water partition coefficient (Wildman–Crippen LogP) is 6.00. The summed E-state index contributed by atoms with van der Waals surface area (Å²) in [5.74, 6) is 0.107. The third-order valence-corrected chi connectivity index (χ3v) is 9.55. The summed E-state index contributed by atoms with van der Waals surface area (Å²) in [7, 11) is 0. The van der Waals surface area contributed by atoms with Gasteiger partial charge in [0.05, 0.1) is 48.9 Å². The fourth-order valence-electron chi connectivity index (χ4n) is 7.20. The number of aliphatic hydroxyl groups is 1. The van der Waals surface area contributed by atoms with E-state index < -0.39 is 23.3 Å². The van der Waals surface area contributed by atoms with Crippen molar-refractivity contribution in [1.82, 2.24) is 24.7 Å². The van der Waals surface area contributed by atoms with Crippen molar-refractivity contribution in [2.24, 2.45) is 0 Å². The Balaban J connectivity index is 1.31. The molecule has 1 aliphatic heterocycles. The molecule has 2 fully saturated rings. The van der Waals surface area contributed by atoms with Gasteiger partial charge in [-0.25, -0.2) is 9.78 Å². The zero-order chi connectivity index (χ0) is 35.3. The quantitative estimate of drug-likeness (QED) is 0.222. The molecule has 6 rings (SSSR count). The summed E-state index contributed by atoms with van der Waals surface area (Å²) in [4.78, 5) is 49.3. The van der Waals surface area contributed by atoms with Gasteiger partial charge in [0.15, 0.2) is 5.69 Å². The normalized spacial score (nSPS) is 21.1. The Kier molecular flexibility index (Phi) is 10.4. The van der Waals surface area contributed by atoms with Gasteiger partial charge in [0.25, 0.3) is 5.91 Å². The molecule has 1 saturated carbocycles. The predicted molar refractivity (Wildman–Crippen MR) is 188 cm³/mol. The first-order valence-electron chi connectivity index (χ1n) is 17.5. The molecule has 264 valence electrons. The van der Waals surface area contributed by atoms with Crippen molar-refractivity contribution in [1.29, 1.82) is 0 Å². The van der Waals surface area contributed by atoms with Crippen LogP contribution in [0.4, 0.5) is 4.79 Å². The highest BCUT2D eigenvalue weighted by Crippen LogP contribution is 2.43. The average molecular weight is 682 g/mol. The lowest BCUT2D eigenvalue weighted by atomic mass is 9.77. The monoisotopic (exact) mass is 681 g/mol. The molecule has 11 heteroatoms. The van der Waals surface area contributed by atoms with Crippen LogP contribution in [0.3, 0.4) is 0 Å². The molecule has 3 amide bonds. The molecule has 3 atom stereocenters. The standard InChI is InChI=1S/C39H47N5O6/c1-38(2,3)50-37(47)42-20-21-43(30(26-42)23-28-13-6-4-7-14-28)36(46)34-35(29-15-8-5-9-16-29)44(27-41-34)32-18-10-11-19-39(32,48)24-33(45)40-25-31-17-12-22-49-31/h4-9,12-17,22,27,30,32,48H,10-11,18-21,23-26H2,1-3H3,(H,40,45)/t30-,32+,39?/m1/s1. The molecule has 2 aliphatic rings. The maximum atomic E-state index is 14.7. The summed E-state index contributed by atoms with van der Waals surface area (Å²) in [5, 5.41) is 15.0. The van der Waals surface area contributed by atoms with E-state index in [-0.39, 0.29) is 36.5 Å². The molecule has 0 radical (unpaired) electrons. The summed E-state index contributed by atoms with van der Waals surface area (Å²) >= 11 is 0. The number of rotatable bonds is 9. The molecule has 1 unspecified atom stereocenters. The number of hydrogen-bond donors (Lipinski definition) is 2. The number of ether oxygens (including phenoxy) is 1. The van der Waals surface area contributed by atoms with Gasteiger partial charge in [0.1, 0.15) is 11.4 Å². The number of hydrogen-bond acceptors (Lipinski definition) is 7. The second-order valence-corrected chi connectivity index (χ2v) is 14.4. The van der Waals surface area contributed by atoms with Crippen LogP contribution in [-0.2, 0) is 22.5 Å². The van der Waals surface area contributed by atoms with Crippen molar-refractivity contribution < 1.29 is 28.6 Å². The minimum absolute atomic E-state index is 0.0974. The summed E-state index contributed by atoms with van der Waals surface area (Å²) < 4.78 is 13.0. The van der Waals surface area contributed by atoms with Gasteiger partial charge in [-0.15, -0.1) is 0 Å². The Labute approximate surface area is 293 Å². The molecule has 0 bridgehead atoms. The van der Waals surface area contributed by atoms with Crippen LogP contribution in [-0.4, -0.2) is 79.2 Å². The van der Waals surface area contributed by atoms with E-state index in [1.807, 2.05) is 90.9 Å². The minimum atomic E-state index is -1.36. The number of benzene rings is 2. The van der Waals surface area contributed by atoms with Crippen molar-refractivity contribution in [2.75, 3.05) is 19.6 Å². The van der Waals surface area contributed by atoms with Crippen LogP contribution in [0, 0.1) is 0 Å². The van der Waals surface area contributed by atoms with Gasteiger partial charge in [-0.3, -0.25) is 9.59 Å². The van der Waals surface area contributed by atoms with E-state index in [2.05, 4.69) is 5.32 Å². The first-order valence-corrected chi connectivity index (χ1v) is 17.5. The van der Waals surface area contributed by atoms with Crippen LogP contribution in [0.2, 0.25) is 0 Å². The molecule has 1 saturated heterocycles. The molecule has 11 nitrogen and oxygen atoms in total. The number of imidazole rings is 1. The number of carbonyl (C=O) groups is 3. The summed E-state index contributed by atoms with van der Waals surface area (Å²) in [6, 6.07) is 22.3. The number of nitrogens with zero attached hydrogens (tertiary/aromatic N) is 4. The summed E-state index contributed by atoms with van der Waals surface area (Å²) in [6.45, 7) is 6.70. The average Bonchev–Trinajstić information content (AvgIpc) is 3.78. The van der Waals surface area contributed by atoms with Crippen LogP contribution >= 0.6 is 0 Å². The zero-order valence-corrected chi connectivity index (χ0v) is 29.1. The molecular formula is C39H47N5O6. The smallest absolute Gasteiger partial charge is 0.410 e. The van der Waals surface area contributed by atoms with Crippen LogP contribution in [0.5, 0.6) is 0 Å². The van der Waals surface area contributed by atoms with Crippen molar-refractivity contribution in [3.63, 3.8) is 0 Å². The number of furan rings is 1. The van der Waals surface area contributed by atoms with Crippen molar-refractivity contribution in [3.8, 4) is 11.3 Å². The van der Waals surface area contributed by atoms with E-state index >= 15 is 0 Å². The third kappa shape index (κ3) is 8.10. The van der Waals surface area contributed by atoms with Crippen LogP contribution in [0.1, 0.15) is 80.7 Å². The Morgan fingerprint density at radius 3 is 2.44 bits per heavy atom. The Morgan fingerprint density at radius 1 is 1.00 bits per heavy atom. The van der Waals surface area contributed by atoms with E-state index in [0.29, 0.717) is 50.4 Å². The maximum Gasteiger partial charge on any atom is 0.410 e. The van der Waals surface area contributed by atoms with Crippen molar-refractivity contribution in [2.45, 2.75) is 89.1 Å². The van der Waals surface area contributed by atoms with E-state index in [4.69, 9.17) is 14.1 Å². The van der Waals surface area contributed by atoms with E-state index in [9.17, 15) is 19.5 Å². The lowest BCUT2D eigenvalue weighted by Gasteiger charge is -2.42. The van der Waals surface area contributed by atoms with Gasteiger partial charge < -0.3 is 33.9 Å². The first-order chi connectivity index (χ1) is 24.0. The van der Waals surface area contributed by atoms with E-state index in [0.717, 1.165) is 24.0 Å². The van der Waals surface area contributed by atoms with Crippen molar-refractivity contribution >= 4 is 17.9 Å². The largest absolute Gasteiger partial charge is 0.467 e. The van der Waals surface area contributed by atoms with Crippen LogP contribution in [0.25, 0.3) is 11.3 Å². The Hall–Kier alpha value is -4.90. The zero-order valence-electron chi connectivity index (χ0n) is 29.1. The van der Waals surface area contributed by atoms with Gasteiger partial charge >= 0.3 is 6.09 Å². The van der Waals surface area contributed by atoms with Crippen molar-refractivity contribution in [3.05, 3.63) is 102 Å². The molecule has 50 heavy (non-hydrogen) atoms. The third-order valence-electron chi connectivity index (χ3n) is 9.55. The summed E-state index contributed by atoms with van der Waals surface area (Å²) in [5.41, 5.74) is 0.714. The second-order valence-electron chi connectivity index (χ2n) is 14.4. The van der Waals surface area contributed by atoms with Gasteiger partial charge in [-0.2, -0.15) is 0 Å². The second kappa shape index (κ2) is 14.9. The van der Waals surface area contributed by atoms with Gasteiger partial charge in [0, 0.05) is 25.2 Å². The lowest BCUT2D eigenvalue weighted by Crippen LogP contribution is -2.58. The van der Waals surface area contributed by atoms with E-state index in [1.165, 1.54) is 0 Å². The molecule has 4 aromatic rings. The number of amides is 3. The van der Waals surface area contributed by atoms with Gasteiger partial charge in [-0.05, 0) is 57.7 Å². The maximum absolute atomic E-state index is 14.7. The summed E-state index contributed by atoms with van der Waals surface area (Å²) in [6.07, 6.45) is 5.94. The number of aromatic nitrogens is 2. The first kappa shape index (κ1) is 34.9. The van der Waals surface area contributed by atoms with Gasteiger partial charge in [-0.1, -0.05) is 73.5 Å². The van der Waals surface area contributed by atoms with Crippen LogP contribution < -0.4 is 5.32 Å². The Morgan fingerprint density at radius 2 is 1.74 bits per heavy atom. The minimum Gasteiger partial charge on any atom is -0.467 e. The highest BCUT2D eigenvalue weighted by atomic mass is 16.6. The molecule has 3 heterocycles. The molecule has 2 aromatic carbocycles. The fraction of sp³-hybridized carbons (Fsp3) is 0.436. The number of carbonyl (C=O) groups excluding carboxylic acids is 3. The van der Waals surface area contributed by atoms with Crippen LogP contribution in [0.15, 0.2) is 89.8 Å². The van der Waals surface area contributed by atoms with E-state index in [1.54, 1.807) is 29.6 Å². The molecular weight excluding hydrogens is 634 g/mol. The highest BCUT2D eigenvalue weighted by molar-refractivity contribution is 5.98. The topological polar surface area (TPSA) is 130 Å². The number of nitrogens with one attached hydrogen (secondary N) is 1. The Bertz CT molecular complexity index is 1750. The molecule has 1 aliphatic carbocycles.